The smallest absolute Gasteiger partial charge is 0.0949 e. The summed E-state index contributed by atoms with van der Waals surface area (Å²) in [7, 11) is 0. The lowest BCUT2D eigenvalue weighted by molar-refractivity contribution is 0.0822. The number of halogens is 2. The summed E-state index contributed by atoms with van der Waals surface area (Å²) in [5.74, 6) is 0. The predicted molar refractivity (Wildman–Crippen MR) is 65.1 cm³/mol. The van der Waals surface area contributed by atoms with Crippen LogP contribution < -0.4 is 0 Å². The van der Waals surface area contributed by atoms with Crippen molar-refractivity contribution in [1.82, 2.24) is 4.57 Å². The average Bonchev–Trinajstić information content (AvgIpc) is 2.61. The molecule has 0 saturated heterocycles. The van der Waals surface area contributed by atoms with E-state index in [0.29, 0.717) is 16.6 Å². The Morgan fingerprint density at radius 2 is 2.06 bits per heavy atom. The van der Waals surface area contributed by atoms with Gasteiger partial charge in [0.25, 0.3) is 0 Å². The normalized spacial score (nSPS) is 13.2. The molecule has 0 amide bonds. The van der Waals surface area contributed by atoms with Crippen LogP contribution in [-0.2, 0) is 6.54 Å². The molecule has 16 heavy (non-hydrogen) atoms. The third-order valence-corrected chi connectivity index (χ3v) is 2.95. The van der Waals surface area contributed by atoms with Gasteiger partial charge in [-0.25, -0.2) is 0 Å². The lowest BCUT2D eigenvalue weighted by Gasteiger charge is -2.10. The Morgan fingerprint density at radius 3 is 2.75 bits per heavy atom. The molecule has 2 N–H and O–H groups in total. The maximum absolute atomic E-state index is 9.39. The van der Waals surface area contributed by atoms with Crippen molar-refractivity contribution in [3.63, 3.8) is 0 Å². The Morgan fingerprint density at radius 1 is 1.31 bits per heavy atom. The second-order valence-corrected chi connectivity index (χ2v) is 4.47. The molecule has 0 radical (unpaired) electrons. The Kier molecular flexibility index (Phi) is 3.40. The van der Waals surface area contributed by atoms with Crippen molar-refractivity contribution in [2.45, 2.75) is 12.6 Å². The summed E-state index contributed by atoms with van der Waals surface area (Å²) in [5, 5.41) is 20.2. The zero-order valence-corrected chi connectivity index (χ0v) is 9.91. The number of aliphatic hydroxyl groups is 2. The van der Waals surface area contributed by atoms with E-state index in [4.69, 9.17) is 28.3 Å². The molecule has 1 unspecified atom stereocenters. The number of aliphatic hydroxyl groups excluding tert-OH is 2. The van der Waals surface area contributed by atoms with Gasteiger partial charge in [0, 0.05) is 16.6 Å². The van der Waals surface area contributed by atoms with E-state index < -0.39 is 6.10 Å². The maximum atomic E-state index is 9.39. The summed E-state index contributed by atoms with van der Waals surface area (Å²) in [5.41, 5.74) is 0.852. The van der Waals surface area contributed by atoms with Crippen LogP contribution in [0.1, 0.15) is 0 Å². The molecule has 1 atom stereocenters. The van der Waals surface area contributed by atoms with Crippen LogP contribution in [0.2, 0.25) is 10.0 Å². The van der Waals surface area contributed by atoms with Crippen molar-refractivity contribution in [3.05, 3.63) is 34.4 Å². The lowest BCUT2D eigenvalue weighted by atomic mass is 10.2. The predicted octanol–water partition coefficient (Wildman–Crippen LogP) is 2.30. The van der Waals surface area contributed by atoms with Crippen molar-refractivity contribution in [3.8, 4) is 0 Å². The fourth-order valence-electron chi connectivity index (χ4n) is 1.66. The molecule has 86 valence electrons. The summed E-state index contributed by atoms with van der Waals surface area (Å²) in [6, 6.07) is 5.32. The van der Waals surface area contributed by atoms with E-state index in [1.54, 1.807) is 12.1 Å². The Bertz CT molecular complexity index is 510. The molecule has 1 aromatic carbocycles. The first-order valence-electron chi connectivity index (χ1n) is 4.84. The Labute approximate surface area is 103 Å². The standard InChI is InChI=1S/C11H11Cl2NO2/c12-7-3-10(13)9-1-2-14(11(9)4-7)5-8(16)6-15/h1-4,8,15-16H,5-6H2. The van der Waals surface area contributed by atoms with Gasteiger partial charge < -0.3 is 14.8 Å². The van der Waals surface area contributed by atoms with Gasteiger partial charge in [0.2, 0.25) is 0 Å². The topological polar surface area (TPSA) is 45.4 Å². The summed E-state index contributed by atoms with van der Waals surface area (Å²) in [6.45, 7) is 0.0463. The molecule has 2 aromatic rings. The van der Waals surface area contributed by atoms with E-state index in [9.17, 15) is 5.11 Å². The molecular formula is C11H11Cl2NO2. The van der Waals surface area contributed by atoms with Crippen molar-refractivity contribution in [2.75, 3.05) is 6.61 Å². The van der Waals surface area contributed by atoms with Crippen molar-refractivity contribution < 1.29 is 10.2 Å². The monoisotopic (exact) mass is 259 g/mol. The highest BCUT2D eigenvalue weighted by Crippen LogP contribution is 2.28. The van der Waals surface area contributed by atoms with Crippen LogP contribution in [0.4, 0.5) is 0 Å². The molecule has 5 heteroatoms. The minimum Gasteiger partial charge on any atom is -0.394 e. The van der Waals surface area contributed by atoms with Gasteiger partial charge in [-0.2, -0.15) is 0 Å². The summed E-state index contributed by atoms with van der Waals surface area (Å²) < 4.78 is 1.81. The number of rotatable bonds is 3. The fraction of sp³-hybridized carbons (Fsp3) is 0.273. The van der Waals surface area contributed by atoms with Gasteiger partial charge in [-0.15, -0.1) is 0 Å². The number of aromatic nitrogens is 1. The quantitative estimate of drug-likeness (QED) is 0.889. The number of fused-ring (bicyclic) bond motifs is 1. The zero-order valence-electron chi connectivity index (χ0n) is 8.40. The molecule has 0 bridgehead atoms. The number of hydrogen-bond acceptors (Lipinski definition) is 2. The second kappa shape index (κ2) is 4.63. The number of hydrogen-bond donors (Lipinski definition) is 2. The molecule has 1 aromatic heterocycles. The van der Waals surface area contributed by atoms with E-state index >= 15 is 0 Å². The second-order valence-electron chi connectivity index (χ2n) is 3.62. The molecule has 1 heterocycles. The first-order valence-corrected chi connectivity index (χ1v) is 5.60. The molecule has 0 fully saturated rings. The van der Waals surface area contributed by atoms with Gasteiger partial charge in [0.15, 0.2) is 0 Å². The molecule has 3 nitrogen and oxygen atoms in total. The van der Waals surface area contributed by atoms with Gasteiger partial charge in [-0.05, 0) is 18.2 Å². The summed E-state index contributed by atoms with van der Waals surface area (Å²) in [6.07, 6.45) is 1.03. The molecule has 0 spiro atoms. The lowest BCUT2D eigenvalue weighted by Crippen LogP contribution is -2.19. The molecular weight excluding hydrogens is 249 g/mol. The highest BCUT2D eigenvalue weighted by molar-refractivity contribution is 6.38. The van der Waals surface area contributed by atoms with Crippen LogP contribution in [-0.4, -0.2) is 27.5 Å². The Balaban J connectivity index is 2.47. The molecule has 2 rings (SSSR count). The number of nitrogens with zero attached hydrogens (tertiary/aromatic N) is 1. The van der Waals surface area contributed by atoms with Crippen molar-refractivity contribution in [1.29, 1.82) is 0 Å². The first-order chi connectivity index (χ1) is 7.61. The van der Waals surface area contributed by atoms with Crippen LogP contribution in [0.5, 0.6) is 0 Å². The highest BCUT2D eigenvalue weighted by atomic mass is 35.5. The van der Waals surface area contributed by atoms with Crippen molar-refractivity contribution >= 4 is 34.1 Å². The van der Waals surface area contributed by atoms with Gasteiger partial charge in [-0.1, -0.05) is 23.2 Å². The third kappa shape index (κ3) is 2.18. The van der Waals surface area contributed by atoms with Crippen LogP contribution in [0.15, 0.2) is 24.4 Å². The average molecular weight is 260 g/mol. The van der Waals surface area contributed by atoms with Gasteiger partial charge >= 0.3 is 0 Å². The summed E-state index contributed by atoms with van der Waals surface area (Å²) >= 11 is 12.0. The number of benzene rings is 1. The molecule has 0 saturated carbocycles. The molecule has 0 aliphatic rings. The molecule has 0 aliphatic heterocycles. The third-order valence-electron chi connectivity index (χ3n) is 2.42. The fourth-order valence-corrected chi connectivity index (χ4v) is 2.21. The largest absolute Gasteiger partial charge is 0.394 e. The minimum atomic E-state index is -0.784. The first kappa shape index (κ1) is 11.7. The summed E-state index contributed by atoms with van der Waals surface area (Å²) in [4.78, 5) is 0. The van der Waals surface area contributed by atoms with E-state index in [-0.39, 0.29) is 6.61 Å². The van der Waals surface area contributed by atoms with Crippen molar-refractivity contribution in [2.24, 2.45) is 0 Å². The van der Waals surface area contributed by atoms with Crippen LogP contribution in [0, 0.1) is 0 Å². The van der Waals surface area contributed by atoms with Gasteiger partial charge in [0.1, 0.15) is 0 Å². The molecule has 0 aliphatic carbocycles. The van der Waals surface area contributed by atoms with E-state index in [0.717, 1.165) is 10.9 Å². The van der Waals surface area contributed by atoms with Crippen LogP contribution in [0.25, 0.3) is 10.9 Å². The van der Waals surface area contributed by atoms with Gasteiger partial charge in [0.05, 0.1) is 29.8 Å². The highest BCUT2D eigenvalue weighted by Gasteiger charge is 2.09. The SMILES string of the molecule is OCC(O)Cn1ccc2c(Cl)cc(Cl)cc21. The van der Waals surface area contributed by atoms with Crippen LogP contribution >= 0.6 is 23.2 Å². The van der Waals surface area contributed by atoms with Gasteiger partial charge in [-0.3, -0.25) is 0 Å². The Hall–Kier alpha value is -0.740. The van der Waals surface area contributed by atoms with E-state index in [2.05, 4.69) is 0 Å². The van der Waals surface area contributed by atoms with E-state index in [1.807, 2.05) is 16.8 Å². The van der Waals surface area contributed by atoms with Crippen LogP contribution in [0.3, 0.4) is 0 Å². The minimum absolute atomic E-state index is 0.270. The van der Waals surface area contributed by atoms with E-state index in [1.165, 1.54) is 0 Å². The maximum Gasteiger partial charge on any atom is 0.0949 e. The zero-order chi connectivity index (χ0) is 11.7.